The first-order chi connectivity index (χ1) is 17.8. The first-order valence-corrected chi connectivity index (χ1v) is 15.9. The summed E-state index contributed by atoms with van der Waals surface area (Å²) in [5.41, 5.74) is 0. The Balaban J connectivity index is 1.09. The zero-order chi connectivity index (χ0) is 26.6. The molecule has 3 fully saturated rings. The average Bonchev–Trinajstić information content (AvgIpc) is 3.51. The smallest absolute Gasteiger partial charge is 0.334 e. The summed E-state index contributed by atoms with van der Waals surface area (Å²) < 4.78 is 0. The largest absolute Gasteiger partial charge is 0.354 e. The molecule has 3 rings (SSSR count). The van der Waals surface area contributed by atoms with Crippen molar-refractivity contribution in [1.82, 2.24) is 26.3 Å². The first-order valence-electron chi connectivity index (χ1n) is 12.4. The summed E-state index contributed by atoms with van der Waals surface area (Å²) in [6, 6.07) is 0.324. The van der Waals surface area contributed by atoms with Crippen molar-refractivity contribution >= 4 is 69.0 Å². The molecule has 0 aromatic carbocycles. The summed E-state index contributed by atoms with van der Waals surface area (Å²) in [5.74, 6) is 0.125. The Hall–Kier alpha value is -2.13. The van der Waals surface area contributed by atoms with E-state index in [0.29, 0.717) is 47.8 Å². The number of hydroxylamine groups is 2. The second-order valence-corrected chi connectivity index (χ2v) is 12.7. The minimum atomic E-state index is -0.640. The van der Waals surface area contributed by atoms with Gasteiger partial charge in [-0.05, 0) is 12.8 Å². The molecule has 0 bridgehead atoms. The summed E-state index contributed by atoms with van der Waals surface area (Å²) >= 11 is 1.87. The predicted molar refractivity (Wildman–Crippen MR) is 141 cm³/mol. The van der Waals surface area contributed by atoms with E-state index in [4.69, 9.17) is 4.84 Å². The first kappa shape index (κ1) is 29.4. The van der Waals surface area contributed by atoms with Crippen LogP contribution in [0.4, 0.5) is 4.79 Å². The van der Waals surface area contributed by atoms with Crippen molar-refractivity contribution in [2.45, 2.75) is 68.7 Å². The quantitative estimate of drug-likeness (QED) is 0.0892. The predicted octanol–water partition coefficient (Wildman–Crippen LogP) is 0.713. The molecule has 206 valence electrons. The third kappa shape index (κ3) is 9.93. The topological polar surface area (TPSA) is 163 Å². The number of urea groups is 1. The molecule has 4 N–H and O–H groups in total. The maximum Gasteiger partial charge on any atom is 0.334 e. The van der Waals surface area contributed by atoms with Crippen LogP contribution in [0.15, 0.2) is 0 Å². The van der Waals surface area contributed by atoms with Crippen LogP contribution in [-0.2, 0) is 28.8 Å². The Kier molecular flexibility index (Phi) is 12.2. The molecule has 0 aromatic rings. The maximum absolute atomic E-state index is 12.0. The average molecular weight is 576 g/mol. The summed E-state index contributed by atoms with van der Waals surface area (Å²) in [7, 11) is 2.85. The fraction of sp³-hybridized carbons (Fsp3) is 0.727. The number of imide groups is 1. The van der Waals surface area contributed by atoms with Gasteiger partial charge in [0.05, 0.1) is 18.5 Å². The van der Waals surface area contributed by atoms with Gasteiger partial charge in [0, 0.05) is 61.3 Å². The van der Waals surface area contributed by atoms with E-state index in [0.717, 1.165) is 25.0 Å². The van der Waals surface area contributed by atoms with Crippen LogP contribution in [0.1, 0.15) is 51.4 Å². The van der Waals surface area contributed by atoms with Crippen molar-refractivity contribution in [2.24, 2.45) is 0 Å². The van der Waals surface area contributed by atoms with Crippen molar-refractivity contribution in [2.75, 3.05) is 30.3 Å². The van der Waals surface area contributed by atoms with E-state index in [9.17, 15) is 28.8 Å². The summed E-state index contributed by atoms with van der Waals surface area (Å²) in [4.78, 5) is 74.6. The molecule has 3 heterocycles. The van der Waals surface area contributed by atoms with Crippen LogP contribution in [0.3, 0.4) is 0 Å². The number of fused-ring (bicyclic) bond motifs is 1. The number of nitrogens with one attached hydrogen (secondary N) is 4. The standard InChI is InChI=1S/C22H33N5O7S3/c28-16(4-2-1-3-15-21-14(13-35-15)25-22(33)26-21)23-9-10-24-17(29)7-11-36-37-12-8-20(32)34-27-18(30)5-6-19(27)31/h14-15,21H,1-13H2,(H,23,28)(H,24,29)(H2,25,26,33)/t14-,15+,21+/m1/s1. The van der Waals surface area contributed by atoms with Crippen molar-refractivity contribution in [3.8, 4) is 0 Å². The molecule has 3 aliphatic rings. The molecule has 3 saturated heterocycles. The van der Waals surface area contributed by atoms with Gasteiger partial charge in [-0.25, -0.2) is 9.59 Å². The molecule has 0 saturated carbocycles. The van der Waals surface area contributed by atoms with Gasteiger partial charge in [-0.2, -0.15) is 11.8 Å². The Morgan fingerprint density at radius 1 is 0.919 bits per heavy atom. The number of hydrogen-bond donors (Lipinski definition) is 4. The number of nitrogens with zero attached hydrogens (tertiary/aromatic N) is 1. The van der Waals surface area contributed by atoms with Crippen LogP contribution in [0, 0.1) is 0 Å². The molecule has 0 spiro atoms. The van der Waals surface area contributed by atoms with Crippen molar-refractivity contribution in [3.05, 3.63) is 0 Å². The number of rotatable bonds is 16. The summed E-state index contributed by atoms with van der Waals surface area (Å²) in [5, 5.41) is 12.4. The van der Waals surface area contributed by atoms with Gasteiger partial charge in [0.25, 0.3) is 11.8 Å². The van der Waals surface area contributed by atoms with Crippen molar-refractivity contribution < 1.29 is 33.6 Å². The molecule has 3 atom stereocenters. The highest BCUT2D eigenvalue weighted by atomic mass is 33.1. The minimum Gasteiger partial charge on any atom is -0.354 e. The molecule has 6 amide bonds. The monoisotopic (exact) mass is 575 g/mol. The zero-order valence-corrected chi connectivity index (χ0v) is 22.9. The minimum absolute atomic E-state index is 0.0361. The van der Waals surface area contributed by atoms with Gasteiger partial charge in [-0.15, -0.1) is 5.06 Å². The third-order valence-corrected chi connectivity index (χ3v) is 9.85. The number of unbranched alkanes of at least 4 members (excludes halogenated alkanes) is 1. The van der Waals surface area contributed by atoms with Crippen LogP contribution < -0.4 is 21.3 Å². The Morgan fingerprint density at radius 2 is 1.57 bits per heavy atom. The van der Waals surface area contributed by atoms with Gasteiger partial charge >= 0.3 is 12.0 Å². The van der Waals surface area contributed by atoms with Gasteiger partial charge in [0.1, 0.15) is 0 Å². The molecule has 15 heteroatoms. The van der Waals surface area contributed by atoms with Crippen molar-refractivity contribution in [3.63, 3.8) is 0 Å². The Labute approximate surface area is 227 Å². The van der Waals surface area contributed by atoms with Gasteiger partial charge in [0.2, 0.25) is 11.8 Å². The summed E-state index contributed by atoms with van der Waals surface area (Å²) in [6.45, 7) is 0.729. The highest BCUT2D eigenvalue weighted by molar-refractivity contribution is 8.76. The van der Waals surface area contributed by atoms with Gasteiger partial charge in [0.15, 0.2) is 0 Å². The van der Waals surface area contributed by atoms with Crippen LogP contribution in [0.2, 0.25) is 0 Å². The maximum atomic E-state index is 12.0. The summed E-state index contributed by atoms with van der Waals surface area (Å²) in [6.07, 6.45) is 3.61. The molecule has 0 aliphatic carbocycles. The van der Waals surface area contributed by atoms with Crippen LogP contribution >= 0.6 is 33.3 Å². The second-order valence-electron chi connectivity index (χ2n) is 8.76. The van der Waals surface area contributed by atoms with E-state index in [2.05, 4.69) is 21.3 Å². The lowest BCUT2D eigenvalue weighted by Crippen LogP contribution is -2.36. The molecular weight excluding hydrogens is 542 g/mol. The van der Waals surface area contributed by atoms with Gasteiger partial charge in [-0.1, -0.05) is 28.0 Å². The third-order valence-electron chi connectivity index (χ3n) is 5.93. The van der Waals surface area contributed by atoms with Crippen molar-refractivity contribution in [1.29, 1.82) is 0 Å². The van der Waals surface area contributed by atoms with E-state index in [-0.39, 0.29) is 49.2 Å². The lowest BCUT2D eigenvalue weighted by molar-refractivity contribution is -0.197. The molecule has 0 radical (unpaired) electrons. The molecule has 3 aliphatic heterocycles. The molecule has 0 unspecified atom stereocenters. The lowest BCUT2D eigenvalue weighted by Gasteiger charge is -2.16. The molecule has 0 aromatic heterocycles. The second kappa shape index (κ2) is 15.3. The highest BCUT2D eigenvalue weighted by Crippen LogP contribution is 2.33. The molecule has 37 heavy (non-hydrogen) atoms. The fourth-order valence-corrected chi connectivity index (χ4v) is 7.54. The zero-order valence-electron chi connectivity index (χ0n) is 20.5. The van der Waals surface area contributed by atoms with Crippen LogP contribution in [-0.4, -0.2) is 88.4 Å². The number of hydrogen-bond acceptors (Lipinski definition) is 10. The highest BCUT2D eigenvalue weighted by Gasteiger charge is 2.42. The van der Waals surface area contributed by atoms with E-state index in [1.807, 2.05) is 11.8 Å². The Bertz CT molecular complexity index is 862. The lowest BCUT2D eigenvalue weighted by atomic mass is 10.0. The van der Waals surface area contributed by atoms with E-state index in [1.165, 1.54) is 21.6 Å². The normalized spacial score (nSPS) is 22.4. The Morgan fingerprint density at radius 3 is 2.27 bits per heavy atom. The number of carbonyl (C=O) groups is 6. The van der Waals surface area contributed by atoms with E-state index in [1.54, 1.807) is 0 Å². The van der Waals surface area contributed by atoms with E-state index >= 15 is 0 Å². The van der Waals surface area contributed by atoms with Crippen LogP contribution in [0.5, 0.6) is 0 Å². The SMILES string of the molecule is O=C(CCCC[C@@H]1SC[C@H]2NC(=O)N[C@H]12)NCCNC(=O)CCSSCCC(=O)ON1C(=O)CCC1=O. The number of carbonyl (C=O) groups excluding carboxylic acids is 6. The van der Waals surface area contributed by atoms with Crippen LogP contribution in [0.25, 0.3) is 0 Å². The fourth-order valence-electron chi connectivity index (χ4n) is 4.04. The van der Waals surface area contributed by atoms with Gasteiger partial charge in [-0.3, -0.25) is 19.2 Å². The molecule has 12 nitrogen and oxygen atoms in total. The number of thioether (sulfide) groups is 1. The van der Waals surface area contributed by atoms with E-state index < -0.39 is 17.8 Å². The molecular formula is C22H33N5O7S3. The van der Waals surface area contributed by atoms with Gasteiger partial charge < -0.3 is 26.1 Å². The number of amides is 6.